The lowest BCUT2D eigenvalue weighted by Gasteiger charge is -2.43. The van der Waals surface area contributed by atoms with Crippen LogP contribution < -0.4 is 10.2 Å². The monoisotopic (exact) mass is 493 g/mol. The quantitative estimate of drug-likeness (QED) is 0.416. The number of rotatable bonds is 7. The van der Waals surface area contributed by atoms with Crippen LogP contribution in [-0.4, -0.2) is 46.1 Å². The van der Waals surface area contributed by atoms with Crippen molar-refractivity contribution in [2.24, 2.45) is 0 Å². The number of nitrogens with one attached hydrogen (secondary N) is 1. The molecule has 1 aliphatic rings. The Hall–Kier alpha value is -4.39. The molecule has 37 heavy (non-hydrogen) atoms. The predicted octanol–water partition coefficient (Wildman–Crippen LogP) is 4.35. The van der Waals surface area contributed by atoms with Gasteiger partial charge in [-0.3, -0.25) is 14.3 Å². The molecule has 0 radical (unpaired) electrons. The van der Waals surface area contributed by atoms with Crippen molar-refractivity contribution in [3.8, 4) is 11.3 Å². The number of fused-ring (bicyclic) bond motifs is 1. The van der Waals surface area contributed by atoms with Gasteiger partial charge in [0.2, 0.25) is 5.91 Å². The highest BCUT2D eigenvalue weighted by Gasteiger charge is 2.48. The second kappa shape index (κ2) is 9.93. The first kappa shape index (κ1) is 24.3. The molecule has 0 spiro atoms. The number of anilines is 1. The molecule has 1 atom stereocenters. The van der Waals surface area contributed by atoms with Crippen molar-refractivity contribution in [3.63, 3.8) is 0 Å². The predicted molar refractivity (Wildman–Crippen MR) is 145 cm³/mol. The van der Waals surface area contributed by atoms with E-state index in [1.54, 1.807) is 9.58 Å². The molecular formula is C30H31N5O2. The Balaban J connectivity index is 1.48. The van der Waals surface area contributed by atoms with Crippen molar-refractivity contribution >= 4 is 17.5 Å². The van der Waals surface area contributed by atoms with Crippen LogP contribution in [0.15, 0.2) is 91.0 Å². The molecule has 0 saturated carbocycles. The summed E-state index contributed by atoms with van der Waals surface area (Å²) in [5.74, 6) is -0.424. The summed E-state index contributed by atoms with van der Waals surface area (Å²) in [6.45, 7) is 2.78. The van der Waals surface area contributed by atoms with Crippen LogP contribution in [0.25, 0.3) is 11.3 Å². The third-order valence-corrected chi connectivity index (χ3v) is 6.95. The zero-order chi connectivity index (χ0) is 26.0. The number of amides is 2. The molecule has 0 fully saturated rings. The number of hydrogen-bond acceptors (Lipinski definition) is 4. The van der Waals surface area contributed by atoms with E-state index < -0.39 is 5.54 Å². The Morgan fingerprint density at radius 3 is 2.24 bits per heavy atom. The van der Waals surface area contributed by atoms with Gasteiger partial charge in [-0.2, -0.15) is 5.10 Å². The van der Waals surface area contributed by atoms with Crippen molar-refractivity contribution < 1.29 is 9.59 Å². The summed E-state index contributed by atoms with van der Waals surface area (Å²) in [4.78, 5) is 31.3. The van der Waals surface area contributed by atoms with Crippen LogP contribution in [-0.2, 0) is 24.4 Å². The minimum Gasteiger partial charge on any atom is -0.378 e. The molecule has 1 aliphatic heterocycles. The van der Waals surface area contributed by atoms with Crippen LogP contribution in [0.4, 0.5) is 5.69 Å². The number of aromatic nitrogens is 2. The van der Waals surface area contributed by atoms with E-state index in [4.69, 9.17) is 5.10 Å². The van der Waals surface area contributed by atoms with Gasteiger partial charge in [0, 0.05) is 38.4 Å². The highest BCUT2D eigenvalue weighted by atomic mass is 16.2. The van der Waals surface area contributed by atoms with E-state index in [2.05, 4.69) is 5.32 Å². The number of nitrogens with zero attached hydrogens (tertiary/aromatic N) is 4. The lowest BCUT2D eigenvalue weighted by molar-refractivity contribution is -0.133. The SMILES string of the molecule is CN(C)c1ccc(CN2C(=O)c3cc(-c4ccccc4)nn3C[C@]2(C)C(=O)NCc2ccccc2)cc1. The van der Waals surface area contributed by atoms with Crippen molar-refractivity contribution in [2.45, 2.75) is 32.1 Å². The lowest BCUT2D eigenvalue weighted by atomic mass is 9.94. The minimum atomic E-state index is -1.13. The first-order valence-corrected chi connectivity index (χ1v) is 12.4. The molecule has 0 bridgehead atoms. The van der Waals surface area contributed by atoms with Gasteiger partial charge in [-0.15, -0.1) is 0 Å². The van der Waals surface area contributed by atoms with E-state index in [0.717, 1.165) is 22.4 Å². The first-order chi connectivity index (χ1) is 17.8. The Kier molecular flexibility index (Phi) is 6.53. The highest BCUT2D eigenvalue weighted by molar-refractivity contribution is 6.00. The van der Waals surface area contributed by atoms with Crippen LogP contribution >= 0.6 is 0 Å². The van der Waals surface area contributed by atoms with E-state index in [1.165, 1.54) is 0 Å². The zero-order valence-corrected chi connectivity index (χ0v) is 21.4. The largest absolute Gasteiger partial charge is 0.378 e. The van der Waals surface area contributed by atoms with E-state index in [0.29, 0.717) is 24.5 Å². The molecule has 1 N–H and O–H groups in total. The van der Waals surface area contributed by atoms with Gasteiger partial charge in [0.1, 0.15) is 11.2 Å². The average Bonchev–Trinajstić information content (AvgIpc) is 3.35. The van der Waals surface area contributed by atoms with E-state index >= 15 is 0 Å². The zero-order valence-electron chi connectivity index (χ0n) is 21.4. The van der Waals surface area contributed by atoms with E-state index in [-0.39, 0.29) is 18.4 Å². The van der Waals surface area contributed by atoms with Crippen LogP contribution in [0.2, 0.25) is 0 Å². The molecule has 4 aromatic rings. The Morgan fingerprint density at radius 1 is 0.946 bits per heavy atom. The van der Waals surface area contributed by atoms with Crippen molar-refractivity contribution in [1.29, 1.82) is 0 Å². The van der Waals surface area contributed by atoms with Crippen LogP contribution in [0.5, 0.6) is 0 Å². The molecule has 2 amide bonds. The Bertz CT molecular complexity index is 1400. The summed E-state index contributed by atoms with van der Waals surface area (Å²) in [5.41, 5.74) is 4.03. The third-order valence-electron chi connectivity index (χ3n) is 6.95. The molecule has 3 aromatic carbocycles. The standard InChI is InChI=1S/C30H31N5O2/c1-30(29(37)31-19-22-10-6-4-7-11-22)21-35-27(18-26(32-35)24-12-8-5-9-13-24)28(36)34(30)20-23-14-16-25(17-15-23)33(2)3/h4-18H,19-21H2,1-3H3,(H,31,37)/t30-/m1/s1. The molecule has 7 heteroatoms. The van der Waals surface area contributed by atoms with Crippen molar-refractivity contribution in [1.82, 2.24) is 20.0 Å². The van der Waals surface area contributed by atoms with Crippen LogP contribution in [0.1, 0.15) is 28.5 Å². The van der Waals surface area contributed by atoms with Gasteiger partial charge in [-0.1, -0.05) is 72.8 Å². The lowest BCUT2D eigenvalue weighted by Crippen LogP contribution is -2.63. The summed E-state index contributed by atoms with van der Waals surface area (Å²) in [7, 11) is 3.98. The number of hydrogen-bond donors (Lipinski definition) is 1. The minimum absolute atomic E-state index is 0.211. The molecule has 0 saturated heterocycles. The first-order valence-electron chi connectivity index (χ1n) is 12.4. The molecular weight excluding hydrogens is 462 g/mol. The maximum absolute atomic E-state index is 13.9. The summed E-state index contributed by atoms with van der Waals surface area (Å²) in [6, 6.07) is 29.4. The summed E-state index contributed by atoms with van der Waals surface area (Å²) in [6.07, 6.45) is 0. The maximum Gasteiger partial charge on any atom is 0.273 e. The fourth-order valence-electron chi connectivity index (χ4n) is 4.69. The maximum atomic E-state index is 13.9. The topological polar surface area (TPSA) is 70.5 Å². The highest BCUT2D eigenvalue weighted by Crippen LogP contribution is 2.31. The van der Waals surface area contributed by atoms with Gasteiger partial charge in [-0.25, -0.2) is 0 Å². The van der Waals surface area contributed by atoms with Crippen molar-refractivity contribution in [3.05, 3.63) is 108 Å². The fourth-order valence-corrected chi connectivity index (χ4v) is 4.69. The van der Waals surface area contributed by atoms with E-state index in [1.807, 2.05) is 117 Å². The van der Waals surface area contributed by atoms with Crippen LogP contribution in [0, 0.1) is 0 Å². The molecule has 188 valence electrons. The van der Waals surface area contributed by atoms with Gasteiger partial charge in [0.15, 0.2) is 0 Å². The normalized spacial score (nSPS) is 16.8. The molecule has 2 heterocycles. The molecule has 5 rings (SSSR count). The number of carbonyl (C=O) groups is 2. The molecule has 0 unspecified atom stereocenters. The second-order valence-electron chi connectivity index (χ2n) is 9.83. The molecule has 7 nitrogen and oxygen atoms in total. The summed E-state index contributed by atoms with van der Waals surface area (Å²) in [5, 5.41) is 7.78. The van der Waals surface area contributed by atoms with Gasteiger partial charge in [-0.05, 0) is 36.2 Å². The summed E-state index contributed by atoms with van der Waals surface area (Å²) < 4.78 is 1.68. The number of carbonyl (C=O) groups excluding carboxylic acids is 2. The molecule has 0 aliphatic carbocycles. The molecule has 1 aromatic heterocycles. The smallest absolute Gasteiger partial charge is 0.273 e. The van der Waals surface area contributed by atoms with Gasteiger partial charge >= 0.3 is 0 Å². The third kappa shape index (κ3) is 4.85. The Morgan fingerprint density at radius 2 is 1.59 bits per heavy atom. The average molecular weight is 494 g/mol. The fraction of sp³-hybridized carbons (Fsp3) is 0.233. The number of benzene rings is 3. The van der Waals surface area contributed by atoms with Crippen molar-refractivity contribution in [2.75, 3.05) is 19.0 Å². The summed E-state index contributed by atoms with van der Waals surface area (Å²) >= 11 is 0. The van der Waals surface area contributed by atoms with E-state index in [9.17, 15) is 9.59 Å². The Labute approximate surface area is 217 Å². The van der Waals surface area contributed by atoms with Crippen LogP contribution in [0.3, 0.4) is 0 Å². The second-order valence-corrected chi connectivity index (χ2v) is 9.83. The van der Waals surface area contributed by atoms with Gasteiger partial charge < -0.3 is 15.1 Å². The van der Waals surface area contributed by atoms with Gasteiger partial charge in [0.25, 0.3) is 5.91 Å². The van der Waals surface area contributed by atoms with Gasteiger partial charge in [0.05, 0.1) is 12.2 Å².